The van der Waals surface area contributed by atoms with Gasteiger partial charge >= 0.3 is 0 Å². The smallest absolute Gasteiger partial charge is 0.253 e. The third-order valence-corrected chi connectivity index (χ3v) is 6.74. The van der Waals surface area contributed by atoms with Crippen molar-refractivity contribution in [2.75, 3.05) is 18.4 Å². The number of benzene rings is 2. The molecule has 2 aromatic heterocycles. The van der Waals surface area contributed by atoms with Gasteiger partial charge in [0, 0.05) is 52.9 Å². The van der Waals surface area contributed by atoms with Crippen LogP contribution in [0.3, 0.4) is 0 Å². The number of anilines is 1. The Kier molecular flexibility index (Phi) is 6.70. The highest BCUT2D eigenvalue weighted by molar-refractivity contribution is 6.35. The average Bonchev–Trinajstić information content (AvgIpc) is 3.16. The lowest BCUT2D eigenvalue weighted by molar-refractivity contribution is 0.0761. The van der Waals surface area contributed by atoms with Gasteiger partial charge in [-0.1, -0.05) is 54.2 Å². The summed E-state index contributed by atoms with van der Waals surface area (Å²) in [6.45, 7) is 2.19. The quantitative estimate of drug-likeness (QED) is 0.352. The molecule has 2 aromatic carbocycles. The summed E-state index contributed by atoms with van der Waals surface area (Å²) in [5, 5.41) is 9.01. The van der Waals surface area contributed by atoms with Crippen molar-refractivity contribution in [3.8, 4) is 11.3 Å². The SMILES string of the molecule is O=C(c1ccc(-c2cc(NCc3ccc(Cl)cc3Cl)n3nccc3n2)cc1)N1CCCCCC1. The molecule has 1 aliphatic heterocycles. The first-order chi connectivity index (χ1) is 16.6. The van der Waals surface area contributed by atoms with Crippen LogP contribution in [0.4, 0.5) is 5.82 Å². The van der Waals surface area contributed by atoms with Crippen molar-refractivity contribution >= 4 is 40.6 Å². The molecule has 0 radical (unpaired) electrons. The second kappa shape index (κ2) is 10.0. The number of nitrogens with zero attached hydrogens (tertiary/aromatic N) is 4. The Morgan fingerprint density at radius 2 is 1.71 bits per heavy atom. The van der Waals surface area contributed by atoms with E-state index < -0.39 is 0 Å². The maximum absolute atomic E-state index is 12.9. The Morgan fingerprint density at radius 1 is 0.941 bits per heavy atom. The normalized spacial score (nSPS) is 14.2. The molecule has 174 valence electrons. The maximum atomic E-state index is 12.9. The van der Waals surface area contributed by atoms with Gasteiger partial charge in [-0.05, 0) is 42.7 Å². The van der Waals surface area contributed by atoms with Crippen molar-refractivity contribution in [2.24, 2.45) is 0 Å². The summed E-state index contributed by atoms with van der Waals surface area (Å²) in [6, 6.07) is 17.0. The number of nitrogens with one attached hydrogen (secondary N) is 1. The molecule has 0 atom stereocenters. The third-order valence-electron chi connectivity index (χ3n) is 6.16. The predicted octanol–water partition coefficient (Wildman–Crippen LogP) is 6.33. The second-order valence-corrected chi connectivity index (χ2v) is 9.34. The zero-order valence-corrected chi connectivity index (χ0v) is 20.2. The Bertz CT molecular complexity index is 1310. The van der Waals surface area contributed by atoms with Gasteiger partial charge in [0.2, 0.25) is 0 Å². The summed E-state index contributed by atoms with van der Waals surface area (Å²) < 4.78 is 1.75. The monoisotopic (exact) mass is 493 g/mol. The number of amides is 1. The molecule has 1 aliphatic rings. The molecule has 4 aromatic rings. The van der Waals surface area contributed by atoms with E-state index in [1.165, 1.54) is 12.8 Å². The summed E-state index contributed by atoms with van der Waals surface area (Å²) in [5.74, 6) is 0.899. The first-order valence-electron chi connectivity index (χ1n) is 11.5. The molecule has 1 saturated heterocycles. The molecule has 0 aliphatic carbocycles. The molecular weight excluding hydrogens is 469 g/mol. The Hall–Kier alpha value is -3.09. The number of rotatable bonds is 5. The largest absolute Gasteiger partial charge is 0.366 e. The van der Waals surface area contributed by atoms with Gasteiger partial charge < -0.3 is 10.2 Å². The van der Waals surface area contributed by atoms with E-state index in [4.69, 9.17) is 28.2 Å². The highest BCUT2D eigenvalue weighted by Crippen LogP contribution is 2.26. The zero-order valence-electron chi connectivity index (χ0n) is 18.7. The maximum Gasteiger partial charge on any atom is 0.253 e. The van der Waals surface area contributed by atoms with Crippen molar-refractivity contribution < 1.29 is 4.79 Å². The van der Waals surface area contributed by atoms with Crippen LogP contribution in [0, 0.1) is 0 Å². The number of aromatic nitrogens is 3. The van der Waals surface area contributed by atoms with Crippen LogP contribution in [0.25, 0.3) is 16.9 Å². The lowest BCUT2D eigenvalue weighted by Gasteiger charge is -2.20. The molecule has 3 heterocycles. The van der Waals surface area contributed by atoms with Crippen LogP contribution in [0.1, 0.15) is 41.6 Å². The molecule has 0 bridgehead atoms. The molecule has 1 amide bonds. The predicted molar refractivity (Wildman–Crippen MR) is 137 cm³/mol. The highest BCUT2D eigenvalue weighted by atomic mass is 35.5. The third kappa shape index (κ3) is 4.88. The van der Waals surface area contributed by atoms with Gasteiger partial charge in [-0.25, -0.2) is 4.98 Å². The second-order valence-electron chi connectivity index (χ2n) is 8.50. The molecule has 1 N–H and O–H groups in total. The Labute approximate surface area is 208 Å². The number of fused-ring (bicyclic) bond motifs is 1. The van der Waals surface area contributed by atoms with Gasteiger partial charge in [0.25, 0.3) is 5.91 Å². The van der Waals surface area contributed by atoms with Gasteiger partial charge in [-0.2, -0.15) is 9.61 Å². The molecular formula is C26H25Cl2N5O. The van der Waals surface area contributed by atoms with Crippen LogP contribution in [0.5, 0.6) is 0 Å². The summed E-state index contributed by atoms with van der Waals surface area (Å²) >= 11 is 12.4. The highest BCUT2D eigenvalue weighted by Gasteiger charge is 2.17. The van der Waals surface area contributed by atoms with Crippen molar-refractivity contribution in [1.29, 1.82) is 0 Å². The van der Waals surface area contributed by atoms with E-state index in [1.54, 1.807) is 16.8 Å². The van der Waals surface area contributed by atoms with E-state index in [0.29, 0.717) is 22.2 Å². The van der Waals surface area contributed by atoms with Crippen molar-refractivity contribution in [2.45, 2.75) is 32.2 Å². The summed E-state index contributed by atoms with van der Waals surface area (Å²) in [5.41, 5.74) is 4.11. The minimum atomic E-state index is 0.106. The van der Waals surface area contributed by atoms with Gasteiger partial charge in [0.05, 0.1) is 11.9 Å². The molecule has 6 nitrogen and oxygen atoms in total. The fraction of sp³-hybridized carbons (Fsp3) is 0.269. The Morgan fingerprint density at radius 3 is 2.44 bits per heavy atom. The summed E-state index contributed by atoms with van der Waals surface area (Å²) in [4.78, 5) is 19.7. The summed E-state index contributed by atoms with van der Waals surface area (Å²) in [6.07, 6.45) is 6.28. The number of hydrogen-bond donors (Lipinski definition) is 1. The van der Waals surface area contributed by atoms with Crippen LogP contribution >= 0.6 is 23.2 Å². The molecule has 0 saturated carbocycles. The van der Waals surface area contributed by atoms with E-state index >= 15 is 0 Å². The van der Waals surface area contributed by atoms with Crippen molar-refractivity contribution in [3.63, 3.8) is 0 Å². The van der Waals surface area contributed by atoms with Crippen LogP contribution in [-0.4, -0.2) is 38.5 Å². The first-order valence-corrected chi connectivity index (χ1v) is 12.3. The van der Waals surface area contributed by atoms with E-state index in [1.807, 2.05) is 53.4 Å². The van der Waals surface area contributed by atoms with E-state index in [-0.39, 0.29) is 5.91 Å². The molecule has 34 heavy (non-hydrogen) atoms. The fourth-order valence-corrected chi connectivity index (χ4v) is 4.75. The van der Waals surface area contributed by atoms with Gasteiger partial charge in [0.15, 0.2) is 5.65 Å². The minimum absolute atomic E-state index is 0.106. The number of likely N-dealkylation sites (tertiary alicyclic amines) is 1. The topological polar surface area (TPSA) is 62.5 Å². The average molecular weight is 494 g/mol. The number of carbonyl (C=O) groups is 1. The van der Waals surface area contributed by atoms with Gasteiger partial charge in [-0.15, -0.1) is 0 Å². The van der Waals surface area contributed by atoms with Crippen LogP contribution in [-0.2, 0) is 6.54 Å². The van der Waals surface area contributed by atoms with Gasteiger partial charge in [0.1, 0.15) is 5.82 Å². The lowest BCUT2D eigenvalue weighted by atomic mass is 10.1. The molecule has 5 rings (SSSR count). The number of halogens is 2. The van der Waals surface area contributed by atoms with Crippen LogP contribution < -0.4 is 5.32 Å². The lowest BCUT2D eigenvalue weighted by Crippen LogP contribution is -2.31. The van der Waals surface area contributed by atoms with E-state index in [0.717, 1.165) is 54.2 Å². The summed E-state index contributed by atoms with van der Waals surface area (Å²) in [7, 11) is 0. The Balaban J connectivity index is 1.38. The number of hydrogen-bond acceptors (Lipinski definition) is 4. The minimum Gasteiger partial charge on any atom is -0.366 e. The molecule has 1 fully saturated rings. The molecule has 0 unspecified atom stereocenters. The fourth-order valence-electron chi connectivity index (χ4n) is 4.28. The first kappa shape index (κ1) is 22.7. The van der Waals surface area contributed by atoms with Crippen molar-refractivity contribution in [1.82, 2.24) is 19.5 Å². The molecule has 0 spiro atoms. The van der Waals surface area contributed by atoms with E-state index in [9.17, 15) is 4.79 Å². The molecule has 8 heteroatoms. The van der Waals surface area contributed by atoms with E-state index in [2.05, 4.69) is 10.4 Å². The van der Waals surface area contributed by atoms with Crippen LogP contribution in [0.2, 0.25) is 10.0 Å². The van der Waals surface area contributed by atoms with Crippen LogP contribution in [0.15, 0.2) is 60.8 Å². The zero-order chi connectivity index (χ0) is 23.5. The standard InChI is InChI=1S/C26H25Cl2N5O/c27-21-10-9-20(22(28)15-21)17-29-25-16-23(31-24-11-12-30-33(24)25)18-5-7-19(8-6-18)26(34)32-13-3-1-2-4-14-32/h5-12,15-16,29H,1-4,13-14,17H2. The number of carbonyl (C=O) groups excluding carboxylic acids is 1. The van der Waals surface area contributed by atoms with Crippen molar-refractivity contribution in [3.05, 3.63) is 82.0 Å². The van der Waals surface area contributed by atoms with Gasteiger partial charge in [-0.3, -0.25) is 4.79 Å².